The smallest absolute Gasteiger partial charge is 0.125 e. The number of epoxide rings is 2. The Kier molecular flexibility index (Phi) is 12.4. The van der Waals surface area contributed by atoms with Crippen LogP contribution in [0, 0.1) is 39.5 Å². The molecule has 4 unspecified atom stereocenters. The largest absolute Gasteiger partial charge is 0.493 e. The zero-order chi connectivity index (χ0) is 31.0. The van der Waals surface area contributed by atoms with E-state index in [1.165, 1.54) is 84.7 Å². The summed E-state index contributed by atoms with van der Waals surface area (Å²) in [6.45, 7) is 21.4. The van der Waals surface area contributed by atoms with Crippen LogP contribution in [0.2, 0.25) is 0 Å². The fourth-order valence-corrected chi connectivity index (χ4v) is 6.90. The van der Waals surface area contributed by atoms with Crippen molar-refractivity contribution in [2.24, 2.45) is 11.8 Å². The molecule has 4 heteroatoms. The summed E-state index contributed by atoms with van der Waals surface area (Å²) in [6, 6.07) is 9.33. The lowest BCUT2D eigenvalue weighted by Gasteiger charge is -2.29. The summed E-state index contributed by atoms with van der Waals surface area (Å²) in [5, 5.41) is 0. The molecule has 0 N–H and O–H groups in total. The third-order valence-corrected chi connectivity index (χ3v) is 9.92. The van der Waals surface area contributed by atoms with E-state index >= 15 is 0 Å². The van der Waals surface area contributed by atoms with Crippen LogP contribution in [0.3, 0.4) is 0 Å². The lowest BCUT2D eigenvalue weighted by Crippen LogP contribution is -2.20. The molecule has 4 rings (SSSR count). The first-order valence-corrected chi connectivity index (χ1v) is 17.4. The molecule has 0 bridgehead atoms. The predicted octanol–water partition coefficient (Wildman–Crippen LogP) is 9.97. The van der Waals surface area contributed by atoms with Gasteiger partial charge in [0, 0.05) is 5.41 Å². The number of ether oxygens (including phenoxy) is 4. The van der Waals surface area contributed by atoms with E-state index in [-0.39, 0.29) is 5.41 Å². The summed E-state index contributed by atoms with van der Waals surface area (Å²) in [4.78, 5) is 0. The number of hydrogen-bond donors (Lipinski definition) is 0. The van der Waals surface area contributed by atoms with Crippen molar-refractivity contribution in [3.8, 4) is 11.5 Å². The Balaban J connectivity index is 1.34. The van der Waals surface area contributed by atoms with Crippen molar-refractivity contribution in [3.63, 3.8) is 0 Å². The van der Waals surface area contributed by atoms with E-state index < -0.39 is 0 Å². The van der Waals surface area contributed by atoms with Gasteiger partial charge in [-0.05, 0) is 111 Å². The van der Waals surface area contributed by atoms with E-state index in [2.05, 4.69) is 79.7 Å². The van der Waals surface area contributed by atoms with Crippen molar-refractivity contribution in [2.75, 3.05) is 26.4 Å². The Morgan fingerprint density at radius 2 is 0.953 bits per heavy atom. The highest BCUT2D eigenvalue weighted by atomic mass is 16.6. The molecule has 2 saturated heterocycles. The topological polar surface area (TPSA) is 43.5 Å². The second kappa shape index (κ2) is 15.8. The van der Waals surface area contributed by atoms with Crippen molar-refractivity contribution in [1.82, 2.24) is 0 Å². The van der Waals surface area contributed by atoms with Crippen LogP contribution in [-0.4, -0.2) is 38.6 Å². The highest BCUT2D eigenvalue weighted by Crippen LogP contribution is 2.39. The zero-order valence-corrected chi connectivity index (χ0v) is 28.7. The van der Waals surface area contributed by atoms with E-state index in [0.717, 1.165) is 50.8 Å². The molecule has 0 amide bonds. The van der Waals surface area contributed by atoms with Crippen LogP contribution in [0.25, 0.3) is 0 Å². The van der Waals surface area contributed by atoms with Gasteiger partial charge in [0.15, 0.2) is 0 Å². The quantitative estimate of drug-likeness (QED) is 0.113. The van der Waals surface area contributed by atoms with Gasteiger partial charge in [-0.25, -0.2) is 0 Å². The summed E-state index contributed by atoms with van der Waals surface area (Å²) in [7, 11) is 0. The molecule has 4 nitrogen and oxygen atoms in total. The SMILES string of the molecule is CCCCC(CCCOc1c(C)cc(C(C)(C)c2cc(C)c(OCCCC(CCCC)C3CO3)c(C)c2)cc1C)C1CO1. The minimum atomic E-state index is -0.129. The van der Waals surface area contributed by atoms with E-state index in [0.29, 0.717) is 24.0 Å². The average molecular weight is 593 g/mol. The first-order valence-electron chi connectivity index (χ1n) is 17.4. The lowest BCUT2D eigenvalue weighted by atomic mass is 9.76. The molecule has 0 aromatic heterocycles. The molecule has 2 heterocycles. The van der Waals surface area contributed by atoms with Crippen LogP contribution in [0.4, 0.5) is 0 Å². The summed E-state index contributed by atoms with van der Waals surface area (Å²) >= 11 is 0. The van der Waals surface area contributed by atoms with Crippen LogP contribution in [0.1, 0.15) is 125 Å². The average Bonchev–Trinajstić information content (AvgIpc) is 3.88. The molecule has 2 fully saturated rings. The van der Waals surface area contributed by atoms with Gasteiger partial charge >= 0.3 is 0 Å². The summed E-state index contributed by atoms with van der Waals surface area (Å²) < 4.78 is 24.0. The molecule has 2 aromatic rings. The molecule has 0 radical (unpaired) electrons. The molecule has 0 spiro atoms. The van der Waals surface area contributed by atoms with Crippen molar-refractivity contribution in [3.05, 3.63) is 57.6 Å². The number of aryl methyl sites for hydroxylation is 4. The minimum Gasteiger partial charge on any atom is -0.493 e. The highest BCUT2D eigenvalue weighted by molar-refractivity contribution is 5.52. The van der Waals surface area contributed by atoms with Crippen molar-refractivity contribution < 1.29 is 18.9 Å². The monoisotopic (exact) mass is 592 g/mol. The maximum atomic E-state index is 6.38. The molecule has 2 aliphatic rings. The molecule has 2 aliphatic heterocycles. The van der Waals surface area contributed by atoms with Gasteiger partial charge in [0.1, 0.15) is 11.5 Å². The van der Waals surface area contributed by atoms with Gasteiger partial charge in [-0.15, -0.1) is 0 Å². The fraction of sp³-hybridized carbons (Fsp3) is 0.692. The van der Waals surface area contributed by atoms with Crippen molar-refractivity contribution in [2.45, 2.75) is 137 Å². The first kappa shape index (κ1) is 33.8. The standard InChI is InChI=1S/C39H60O4/c1-9-11-15-31(35-25-42-35)17-13-19-40-37-27(3)21-33(22-28(37)4)39(7,8)34-23-29(5)38(30(6)24-34)41-20-14-18-32(16-12-10-2)36-26-43-36/h21-24,31-32,35-36H,9-20,25-26H2,1-8H3. The third-order valence-electron chi connectivity index (χ3n) is 9.92. The Hall–Kier alpha value is -2.04. The number of hydrogen-bond acceptors (Lipinski definition) is 4. The molecule has 43 heavy (non-hydrogen) atoms. The third kappa shape index (κ3) is 9.47. The van der Waals surface area contributed by atoms with Crippen molar-refractivity contribution >= 4 is 0 Å². The predicted molar refractivity (Wildman–Crippen MR) is 179 cm³/mol. The van der Waals surface area contributed by atoms with Crippen LogP contribution < -0.4 is 9.47 Å². The molecular weight excluding hydrogens is 532 g/mol. The first-order chi connectivity index (χ1) is 20.6. The summed E-state index contributed by atoms with van der Waals surface area (Å²) in [6.07, 6.45) is 13.2. The van der Waals surface area contributed by atoms with E-state index in [9.17, 15) is 0 Å². The maximum absolute atomic E-state index is 6.38. The second-order valence-corrected chi connectivity index (χ2v) is 14.0. The molecule has 4 atom stereocenters. The Labute approximate surface area is 263 Å². The van der Waals surface area contributed by atoms with E-state index in [1.807, 2.05) is 0 Å². The van der Waals surface area contributed by atoms with Gasteiger partial charge in [-0.1, -0.05) is 77.6 Å². The molecule has 2 aromatic carbocycles. The Bertz CT molecular complexity index is 1020. The maximum Gasteiger partial charge on any atom is 0.125 e. The van der Waals surface area contributed by atoms with Gasteiger partial charge in [0.05, 0.1) is 38.6 Å². The summed E-state index contributed by atoms with van der Waals surface area (Å²) in [5.41, 5.74) is 7.41. The Morgan fingerprint density at radius 1 is 0.628 bits per heavy atom. The van der Waals surface area contributed by atoms with Gasteiger partial charge in [-0.2, -0.15) is 0 Å². The summed E-state index contributed by atoms with van der Waals surface area (Å²) in [5.74, 6) is 3.49. The van der Waals surface area contributed by atoms with E-state index in [4.69, 9.17) is 18.9 Å². The van der Waals surface area contributed by atoms with Crippen LogP contribution in [0.15, 0.2) is 24.3 Å². The zero-order valence-electron chi connectivity index (χ0n) is 28.7. The van der Waals surface area contributed by atoms with Gasteiger partial charge < -0.3 is 18.9 Å². The van der Waals surface area contributed by atoms with E-state index in [1.54, 1.807) is 0 Å². The highest BCUT2D eigenvalue weighted by Gasteiger charge is 2.32. The molecule has 240 valence electrons. The van der Waals surface area contributed by atoms with Gasteiger partial charge in [0.25, 0.3) is 0 Å². The van der Waals surface area contributed by atoms with Crippen LogP contribution in [-0.2, 0) is 14.9 Å². The van der Waals surface area contributed by atoms with Gasteiger partial charge in [0.2, 0.25) is 0 Å². The number of benzene rings is 2. The Morgan fingerprint density at radius 3 is 1.26 bits per heavy atom. The number of unbranched alkanes of at least 4 members (excludes halogenated alkanes) is 2. The van der Waals surface area contributed by atoms with Crippen LogP contribution >= 0.6 is 0 Å². The molecule has 0 saturated carbocycles. The second-order valence-electron chi connectivity index (χ2n) is 14.0. The van der Waals surface area contributed by atoms with Crippen molar-refractivity contribution in [1.29, 1.82) is 0 Å². The number of rotatable bonds is 20. The lowest BCUT2D eigenvalue weighted by molar-refractivity contribution is 0.255. The molecule has 0 aliphatic carbocycles. The normalized spacial score (nSPS) is 19.3. The minimum absolute atomic E-state index is 0.129. The fourth-order valence-electron chi connectivity index (χ4n) is 6.90. The van der Waals surface area contributed by atoms with Crippen LogP contribution in [0.5, 0.6) is 11.5 Å². The van der Waals surface area contributed by atoms with Gasteiger partial charge in [-0.3, -0.25) is 0 Å². The molecular formula is C39H60O4.